The van der Waals surface area contributed by atoms with Crippen molar-refractivity contribution in [1.29, 1.82) is 0 Å². The fourth-order valence-corrected chi connectivity index (χ4v) is 0.650. The number of ether oxygens (including phenoxy) is 1. The predicted molar refractivity (Wildman–Crippen MR) is 50.1 cm³/mol. The molecule has 0 fully saturated rings. The molecule has 0 aromatic heterocycles. The fourth-order valence-electron chi connectivity index (χ4n) is 0.524. The van der Waals surface area contributed by atoms with Gasteiger partial charge < -0.3 is 4.74 Å². The smallest absolute Gasteiger partial charge is 0.105 e. The van der Waals surface area contributed by atoms with Crippen LogP contribution >= 0.6 is 23.2 Å². The lowest BCUT2D eigenvalue weighted by Gasteiger charge is -2.03. The highest BCUT2D eigenvalue weighted by molar-refractivity contribution is 6.55. The molecule has 0 spiro atoms. The molecule has 66 valence electrons. The maximum absolute atomic E-state index is 5.37. The third kappa shape index (κ3) is 10.3. The van der Waals surface area contributed by atoms with Crippen molar-refractivity contribution in [1.82, 2.24) is 0 Å². The van der Waals surface area contributed by atoms with E-state index in [1.54, 1.807) is 6.08 Å². The first-order valence-electron chi connectivity index (χ1n) is 3.72. The Labute approximate surface area is 78.3 Å². The number of halogens is 2. The maximum Gasteiger partial charge on any atom is 0.105 e. The standard InChI is InChI=1S/C8H14Cl2O/c1-7(2)3-5-11-6-4-8(9)10/h4,7H,3,5-6H2,1-2H3. The Kier molecular flexibility index (Phi) is 7.13. The summed E-state index contributed by atoms with van der Waals surface area (Å²) in [6, 6.07) is 0. The largest absolute Gasteiger partial charge is 0.377 e. The Hall–Kier alpha value is 0.280. The Morgan fingerprint density at radius 2 is 2.09 bits per heavy atom. The molecular formula is C8H14Cl2O. The van der Waals surface area contributed by atoms with E-state index in [-0.39, 0.29) is 4.49 Å². The molecule has 0 N–H and O–H groups in total. The Morgan fingerprint density at radius 3 is 2.55 bits per heavy atom. The lowest BCUT2D eigenvalue weighted by Crippen LogP contribution is -1.98. The topological polar surface area (TPSA) is 9.23 Å². The molecule has 0 amide bonds. The first-order chi connectivity index (χ1) is 5.13. The van der Waals surface area contributed by atoms with Crippen molar-refractivity contribution in [2.75, 3.05) is 13.2 Å². The van der Waals surface area contributed by atoms with Crippen molar-refractivity contribution in [2.45, 2.75) is 20.3 Å². The summed E-state index contributed by atoms with van der Waals surface area (Å²) >= 11 is 10.7. The van der Waals surface area contributed by atoms with Gasteiger partial charge in [0.15, 0.2) is 0 Å². The van der Waals surface area contributed by atoms with Gasteiger partial charge in [-0.05, 0) is 18.4 Å². The molecule has 0 saturated carbocycles. The highest BCUT2D eigenvalue weighted by atomic mass is 35.5. The Morgan fingerprint density at radius 1 is 1.45 bits per heavy atom. The van der Waals surface area contributed by atoms with Gasteiger partial charge in [0.2, 0.25) is 0 Å². The van der Waals surface area contributed by atoms with E-state index < -0.39 is 0 Å². The summed E-state index contributed by atoms with van der Waals surface area (Å²) in [5, 5.41) is 0. The number of hydrogen-bond donors (Lipinski definition) is 0. The average Bonchev–Trinajstić information content (AvgIpc) is 1.85. The van der Waals surface area contributed by atoms with Crippen LogP contribution in [-0.2, 0) is 4.74 Å². The molecule has 3 heteroatoms. The van der Waals surface area contributed by atoms with Crippen molar-refractivity contribution in [3.8, 4) is 0 Å². The minimum Gasteiger partial charge on any atom is -0.377 e. The highest BCUT2D eigenvalue weighted by Crippen LogP contribution is 2.05. The van der Waals surface area contributed by atoms with Gasteiger partial charge in [-0.2, -0.15) is 0 Å². The molecule has 0 rings (SSSR count). The molecule has 0 radical (unpaired) electrons. The van der Waals surface area contributed by atoms with Crippen molar-refractivity contribution >= 4 is 23.2 Å². The van der Waals surface area contributed by atoms with E-state index in [9.17, 15) is 0 Å². The van der Waals surface area contributed by atoms with Crippen molar-refractivity contribution < 1.29 is 4.74 Å². The third-order valence-corrected chi connectivity index (χ3v) is 1.50. The zero-order valence-electron chi connectivity index (χ0n) is 6.94. The quantitative estimate of drug-likeness (QED) is 0.614. The fraction of sp³-hybridized carbons (Fsp3) is 0.750. The van der Waals surface area contributed by atoms with Gasteiger partial charge in [0.05, 0.1) is 6.61 Å². The lowest BCUT2D eigenvalue weighted by atomic mass is 10.1. The molecule has 0 heterocycles. The minimum atomic E-state index is 0.273. The van der Waals surface area contributed by atoms with E-state index in [2.05, 4.69) is 13.8 Å². The van der Waals surface area contributed by atoms with Gasteiger partial charge >= 0.3 is 0 Å². The van der Waals surface area contributed by atoms with Crippen LogP contribution in [0.25, 0.3) is 0 Å². The van der Waals surface area contributed by atoms with E-state index in [1.807, 2.05) is 0 Å². The van der Waals surface area contributed by atoms with Gasteiger partial charge in [0.25, 0.3) is 0 Å². The van der Waals surface area contributed by atoms with Crippen LogP contribution in [0.2, 0.25) is 0 Å². The second-order valence-electron chi connectivity index (χ2n) is 2.75. The predicted octanol–water partition coefficient (Wildman–Crippen LogP) is 3.37. The Balaban J connectivity index is 3.09. The summed E-state index contributed by atoms with van der Waals surface area (Å²) in [7, 11) is 0. The molecule has 1 nitrogen and oxygen atoms in total. The van der Waals surface area contributed by atoms with Crippen LogP contribution < -0.4 is 0 Å². The molecule has 0 saturated heterocycles. The van der Waals surface area contributed by atoms with Crippen LogP contribution in [0, 0.1) is 5.92 Å². The van der Waals surface area contributed by atoms with Gasteiger partial charge in [0.1, 0.15) is 4.49 Å². The van der Waals surface area contributed by atoms with E-state index >= 15 is 0 Å². The molecule has 0 aromatic rings. The minimum absolute atomic E-state index is 0.273. The second kappa shape index (κ2) is 6.96. The molecular weight excluding hydrogens is 183 g/mol. The molecule has 0 aromatic carbocycles. The normalized spacial score (nSPS) is 10.3. The van der Waals surface area contributed by atoms with E-state index in [0.29, 0.717) is 12.5 Å². The van der Waals surface area contributed by atoms with Gasteiger partial charge in [-0.15, -0.1) is 0 Å². The van der Waals surface area contributed by atoms with Gasteiger partial charge in [-0.25, -0.2) is 0 Å². The Bertz CT molecular complexity index is 117. The molecule has 11 heavy (non-hydrogen) atoms. The van der Waals surface area contributed by atoms with E-state index in [0.717, 1.165) is 13.0 Å². The van der Waals surface area contributed by atoms with Gasteiger partial charge in [-0.1, -0.05) is 37.0 Å². The van der Waals surface area contributed by atoms with Crippen molar-refractivity contribution in [3.05, 3.63) is 10.6 Å². The maximum atomic E-state index is 5.37. The molecule has 0 unspecified atom stereocenters. The summed E-state index contributed by atoms with van der Waals surface area (Å²) < 4.78 is 5.48. The average molecular weight is 197 g/mol. The summed E-state index contributed by atoms with van der Waals surface area (Å²) in [6.45, 7) is 5.60. The highest BCUT2D eigenvalue weighted by Gasteiger charge is 1.92. The molecule has 0 aliphatic rings. The summed E-state index contributed by atoms with van der Waals surface area (Å²) in [4.78, 5) is 0. The van der Waals surface area contributed by atoms with Crippen LogP contribution in [0.3, 0.4) is 0 Å². The molecule has 0 atom stereocenters. The number of rotatable bonds is 5. The summed E-state index contributed by atoms with van der Waals surface area (Å²) in [6.07, 6.45) is 2.72. The summed E-state index contributed by atoms with van der Waals surface area (Å²) in [5.41, 5.74) is 0. The van der Waals surface area contributed by atoms with Crippen LogP contribution in [0.5, 0.6) is 0 Å². The molecule has 0 bridgehead atoms. The van der Waals surface area contributed by atoms with E-state index in [4.69, 9.17) is 27.9 Å². The third-order valence-electron chi connectivity index (χ3n) is 1.20. The monoisotopic (exact) mass is 196 g/mol. The zero-order chi connectivity index (χ0) is 8.69. The van der Waals surface area contributed by atoms with Crippen LogP contribution in [0.1, 0.15) is 20.3 Å². The van der Waals surface area contributed by atoms with Crippen LogP contribution in [0.4, 0.5) is 0 Å². The first kappa shape index (κ1) is 11.3. The van der Waals surface area contributed by atoms with Crippen LogP contribution in [-0.4, -0.2) is 13.2 Å². The number of hydrogen-bond acceptors (Lipinski definition) is 1. The SMILES string of the molecule is CC(C)CCOCC=C(Cl)Cl. The first-order valence-corrected chi connectivity index (χ1v) is 4.47. The summed E-state index contributed by atoms with van der Waals surface area (Å²) in [5.74, 6) is 0.686. The van der Waals surface area contributed by atoms with Crippen molar-refractivity contribution in [2.24, 2.45) is 5.92 Å². The second-order valence-corrected chi connectivity index (χ2v) is 3.76. The van der Waals surface area contributed by atoms with Crippen LogP contribution in [0.15, 0.2) is 10.6 Å². The lowest BCUT2D eigenvalue weighted by molar-refractivity contribution is 0.149. The molecule has 0 aliphatic carbocycles. The van der Waals surface area contributed by atoms with Crippen molar-refractivity contribution in [3.63, 3.8) is 0 Å². The van der Waals surface area contributed by atoms with Gasteiger partial charge in [0, 0.05) is 6.61 Å². The van der Waals surface area contributed by atoms with E-state index in [1.165, 1.54) is 0 Å². The zero-order valence-corrected chi connectivity index (χ0v) is 8.45. The van der Waals surface area contributed by atoms with Gasteiger partial charge in [-0.3, -0.25) is 0 Å². The molecule has 0 aliphatic heterocycles.